The van der Waals surface area contributed by atoms with Crippen molar-refractivity contribution in [3.05, 3.63) is 59.4 Å². The molecule has 1 aromatic heterocycles. The highest BCUT2D eigenvalue weighted by atomic mass is 35.5. The molecule has 3 aromatic rings. The molecule has 0 aliphatic carbocycles. The molecule has 0 unspecified atom stereocenters. The van der Waals surface area contributed by atoms with Crippen molar-refractivity contribution < 1.29 is 17.2 Å². The van der Waals surface area contributed by atoms with Crippen LogP contribution in [0.1, 0.15) is 12.8 Å². The first-order valence-corrected chi connectivity index (χ1v) is 10.3. The lowest BCUT2D eigenvalue weighted by molar-refractivity contribution is 0.556. The van der Waals surface area contributed by atoms with E-state index in [1.165, 1.54) is 12.1 Å². The maximum Gasteiger partial charge on any atom is 0.236 e. The van der Waals surface area contributed by atoms with Gasteiger partial charge in [-0.05, 0) is 61.4 Å². The van der Waals surface area contributed by atoms with E-state index in [9.17, 15) is 12.8 Å². The number of sulfone groups is 1. The summed E-state index contributed by atoms with van der Waals surface area (Å²) < 4.78 is 45.3. The van der Waals surface area contributed by atoms with Crippen LogP contribution in [0.25, 0.3) is 11.5 Å². The van der Waals surface area contributed by atoms with Gasteiger partial charge in [0.2, 0.25) is 26.6 Å². The molecule has 0 spiro atoms. The zero-order valence-corrected chi connectivity index (χ0v) is 15.8. The lowest BCUT2D eigenvalue weighted by atomic mass is 10.2. The van der Waals surface area contributed by atoms with Crippen molar-refractivity contribution in [2.24, 2.45) is 0 Å². The Hall–Kier alpha value is -2.38. The van der Waals surface area contributed by atoms with Crippen LogP contribution in [0.2, 0.25) is 5.02 Å². The molecule has 8 heteroatoms. The number of rotatable bonds is 4. The molecule has 0 bridgehead atoms. The molecule has 1 aliphatic heterocycles. The molecule has 4 rings (SSSR count). The molecule has 0 saturated carbocycles. The van der Waals surface area contributed by atoms with Crippen molar-refractivity contribution in [2.45, 2.75) is 22.8 Å². The molecule has 5 nitrogen and oxygen atoms in total. The molecule has 0 radical (unpaired) electrons. The first-order chi connectivity index (χ1) is 12.9. The highest BCUT2D eigenvalue weighted by Gasteiger charge is 2.32. The highest BCUT2D eigenvalue weighted by molar-refractivity contribution is 7.91. The zero-order chi connectivity index (χ0) is 19.0. The van der Waals surface area contributed by atoms with Gasteiger partial charge in [-0.2, -0.15) is 4.98 Å². The van der Waals surface area contributed by atoms with Gasteiger partial charge in [-0.15, -0.1) is 0 Å². The van der Waals surface area contributed by atoms with Gasteiger partial charge < -0.3 is 9.32 Å². The minimum atomic E-state index is -3.96. The molecule has 2 aromatic carbocycles. The van der Waals surface area contributed by atoms with Gasteiger partial charge in [0.1, 0.15) is 5.82 Å². The van der Waals surface area contributed by atoms with Crippen LogP contribution in [0.5, 0.6) is 0 Å². The molecule has 140 valence electrons. The number of aromatic nitrogens is 1. The highest BCUT2D eigenvalue weighted by Crippen LogP contribution is 2.36. The Morgan fingerprint density at radius 1 is 1.00 bits per heavy atom. The van der Waals surface area contributed by atoms with E-state index >= 15 is 0 Å². The maximum atomic E-state index is 13.2. The fourth-order valence-corrected chi connectivity index (χ4v) is 4.48. The topological polar surface area (TPSA) is 63.4 Å². The summed E-state index contributed by atoms with van der Waals surface area (Å²) >= 11 is 5.92. The van der Waals surface area contributed by atoms with Crippen molar-refractivity contribution >= 4 is 27.3 Å². The molecule has 1 fully saturated rings. The molecule has 0 amide bonds. The first-order valence-electron chi connectivity index (χ1n) is 8.47. The second kappa shape index (κ2) is 6.98. The van der Waals surface area contributed by atoms with Crippen LogP contribution in [0.3, 0.4) is 0 Å². The predicted molar refractivity (Wildman–Crippen MR) is 100 cm³/mol. The number of hydrogen-bond acceptors (Lipinski definition) is 5. The third-order valence-corrected chi connectivity index (χ3v) is 6.36. The van der Waals surface area contributed by atoms with E-state index < -0.39 is 15.7 Å². The van der Waals surface area contributed by atoms with Gasteiger partial charge >= 0.3 is 0 Å². The molecule has 27 heavy (non-hydrogen) atoms. The monoisotopic (exact) mass is 406 g/mol. The molecular weight excluding hydrogens is 391 g/mol. The van der Waals surface area contributed by atoms with Crippen molar-refractivity contribution in [3.8, 4) is 11.5 Å². The minimum Gasteiger partial charge on any atom is -0.419 e. The van der Waals surface area contributed by atoms with Gasteiger partial charge in [0.15, 0.2) is 0 Å². The summed E-state index contributed by atoms with van der Waals surface area (Å²) in [4.78, 5) is 6.14. The number of benzene rings is 2. The second-order valence-corrected chi connectivity index (χ2v) is 8.59. The second-order valence-electron chi connectivity index (χ2n) is 6.29. The van der Waals surface area contributed by atoms with E-state index in [0.717, 1.165) is 25.0 Å². The Kier molecular flexibility index (Phi) is 4.65. The SMILES string of the molecule is O=S(=O)(c1ccc(F)cc1)c1nc(-c2ccc(Cl)cc2)oc1N1CCCC1. The number of nitrogens with zero attached hydrogens (tertiary/aromatic N) is 2. The Balaban J connectivity index is 1.85. The number of halogens is 2. The van der Waals surface area contributed by atoms with Crippen LogP contribution in [0.15, 0.2) is 62.9 Å². The van der Waals surface area contributed by atoms with Gasteiger partial charge in [-0.1, -0.05) is 11.6 Å². The molecule has 0 N–H and O–H groups in total. The molecular formula is C19H16ClFN2O3S. The van der Waals surface area contributed by atoms with Gasteiger partial charge in [0.25, 0.3) is 0 Å². The first kappa shape index (κ1) is 18.0. The van der Waals surface area contributed by atoms with E-state index in [1.54, 1.807) is 24.3 Å². The third kappa shape index (κ3) is 3.44. The molecule has 0 atom stereocenters. The smallest absolute Gasteiger partial charge is 0.236 e. The Bertz CT molecular complexity index is 1060. The normalized spacial score (nSPS) is 14.7. The lowest BCUT2D eigenvalue weighted by Crippen LogP contribution is -2.19. The quantitative estimate of drug-likeness (QED) is 0.594. The average Bonchev–Trinajstić information content (AvgIpc) is 3.32. The van der Waals surface area contributed by atoms with Gasteiger partial charge in [0.05, 0.1) is 4.90 Å². The van der Waals surface area contributed by atoms with Crippen molar-refractivity contribution in [2.75, 3.05) is 18.0 Å². The van der Waals surface area contributed by atoms with Crippen molar-refractivity contribution in [1.82, 2.24) is 4.98 Å². The van der Waals surface area contributed by atoms with Crippen LogP contribution in [-0.4, -0.2) is 26.5 Å². The standard InChI is InChI=1S/C19H16ClFN2O3S/c20-14-5-3-13(4-6-14)17-22-18(19(26-17)23-11-1-2-12-23)27(24,25)16-9-7-15(21)8-10-16/h3-10H,1-2,11-12H2. The predicted octanol–water partition coefficient (Wildman–Crippen LogP) is 4.57. The van der Waals surface area contributed by atoms with Crippen molar-refractivity contribution in [1.29, 1.82) is 0 Å². The van der Waals surface area contributed by atoms with Crippen LogP contribution in [0, 0.1) is 5.82 Å². The average molecular weight is 407 g/mol. The largest absolute Gasteiger partial charge is 0.419 e. The Morgan fingerprint density at radius 3 is 2.26 bits per heavy atom. The summed E-state index contributed by atoms with van der Waals surface area (Å²) in [5.41, 5.74) is 0.625. The summed E-state index contributed by atoms with van der Waals surface area (Å²) in [6.45, 7) is 1.39. The van der Waals surface area contributed by atoms with E-state index in [2.05, 4.69) is 4.98 Å². The summed E-state index contributed by atoms with van der Waals surface area (Å²) in [5.74, 6) is -0.0771. The van der Waals surface area contributed by atoms with E-state index in [4.69, 9.17) is 16.0 Å². The van der Waals surface area contributed by atoms with E-state index in [-0.39, 0.29) is 21.7 Å². The molecule has 1 saturated heterocycles. The van der Waals surface area contributed by atoms with E-state index in [0.29, 0.717) is 23.7 Å². The van der Waals surface area contributed by atoms with Gasteiger partial charge in [0, 0.05) is 23.7 Å². The maximum absolute atomic E-state index is 13.2. The van der Waals surface area contributed by atoms with Gasteiger partial charge in [-0.3, -0.25) is 0 Å². The molecule has 1 aliphatic rings. The Labute approximate surface area is 161 Å². The summed E-state index contributed by atoms with van der Waals surface area (Å²) in [5, 5.41) is 0.408. The van der Waals surface area contributed by atoms with Crippen LogP contribution in [0.4, 0.5) is 10.3 Å². The van der Waals surface area contributed by atoms with E-state index in [1.807, 2.05) is 4.90 Å². The number of oxazole rings is 1. The summed E-state index contributed by atoms with van der Waals surface area (Å²) in [6.07, 6.45) is 1.90. The van der Waals surface area contributed by atoms with Crippen molar-refractivity contribution in [3.63, 3.8) is 0 Å². The van der Waals surface area contributed by atoms with Crippen LogP contribution in [-0.2, 0) is 9.84 Å². The Morgan fingerprint density at radius 2 is 1.63 bits per heavy atom. The van der Waals surface area contributed by atoms with Crippen LogP contribution < -0.4 is 4.90 Å². The summed E-state index contributed by atoms with van der Waals surface area (Å²) in [7, 11) is -3.96. The van der Waals surface area contributed by atoms with Crippen LogP contribution >= 0.6 is 11.6 Å². The fourth-order valence-electron chi connectivity index (χ4n) is 3.03. The number of anilines is 1. The van der Waals surface area contributed by atoms with Gasteiger partial charge in [-0.25, -0.2) is 12.8 Å². The minimum absolute atomic E-state index is 0.0275. The zero-order valence-electron chi connectivity index (χ0n) is 14.2. The number of hydrogen-bond donors (Lipinski definition) is 0. The fraction of sp³-hybridized carbons (Fsp3) is 0.211. The molecule has 2 heterocycles. The third-order valence-electron chi connectivity index (χ3n) is 4.44. The summed E-state index contributed by atoms with van der Waals surface area (Å²) in [6, 6.07) is 11.5. The lowest BCUT2D eigenvalue weighted by Gasteiger charge is -2.14.